The number of carbonyl (C=O) groups is 1. The van der Waals surface area contributed by atoms with E-state index in [0.29, 0.717) is 11.5 Å². The maximum atomic E-state index is 10.8. The zero-order valence-corrected chi connectivity index (χ0v) is 9.21. The second-order valence-corrected chi connectivity index (χ2v) is 3.44. The van der Waals surface area contributed by atoms with E-state index in [-0.39, 0.29) is 12.2 Å². The van der Waals surface area contributed by atoms with Crippen molar-refractivity contribution in [3.63, 3.8) is 0 Å². The maximum Gasteiger partial charge on any atom is 0.339 e. The van der Waals surface area contributed by atoms with Crippen molar-refractivity contribution in [1.29, 1.82) is 0 Å². The third kappa shape index (κ3) is 2.44. The number of pyridine rings is 1. The van der Waals surface area contributed by atoms with Crippen LogP contribution in [0, 0.1) is 6.92 Å². The van der Waals surface area contributed by atoms with Crippen LogP contribution in [0.3, 0.4) is 0 Å². The number of aromatic nitrogens is 1. The van der Waals surface area contributed by atoms with Crippen LogP contribution >= 0.6 is 0 Å². The normalized spacial score (nSPS) is 10.2. The first kappa shape index (κ1) is 11.2. The molecule has 0 spiro atoms. The van der Waals surface area contributed by atoms with Gasteiger partial charge < -0.3 is 14.3 Å². The maximum absolute atomic E-state index is 10.8. The SMILES string of the molecule is Cc1ncccc1OCc1occc1C(=O)O. The van der Waals surface area contributed by atoms with Crippen molar-refractivity contribution in [3.8, 4) is 5.75 Å². The van der Waals surface area contributed by atoms with Crippen LogP contribution in [0.25, 0.3) is 0 Å². The molecule has 0 aliphatic carbocycles. The highest BCUT2D eigenvalue weighted by molar-refractivity contribution is 5.88. The van der Waals surface area contributed by atoms with E-state index in [2.05, 4.69) is 4.98 Å². The lowest BCUT2D eigenvalue weighted by molar-refractivity contribution is 0.0692. The summed E-state index contributed by atoms with van der Waals surface area (Å²) in [5.74, 6) is -0.124. The number of hydrogen-bond acceptors (Lipinski definition) is 4. The molecule has 2 rings (SSSR count). The van der Waals surface area contributed by atoms with Crippen LogP contribution in [0.15, 0.2) is 35.1 Å². The molecule has 0 amide bonds. The Balaban J connectivity index is 2.10. The van der Waals surface area contributed by atoms with Crippen molar-refractivity contribution in [2.75, 3.05) is 0 Å². The Bertz CT molecular complexity index is 533. The quantitative estimate of drug-likeness (QED) is 0.876. The van der Waals surface area contributed by atoms with Gasteiger partial charge in [0.25, 0.3) is 0 Å². The lowest BCUT2D eigenvalue weighted by Crippen LogP contribution is -2.03. The number of furan rings is 1. The van der Waals surface area contributed by atoms with Crippen molar-refractivity contribution in [2.24, 2.45) is 0 Å². The Morgan fingerprint density at radius 1 is 1.53 bits per heavy atom. The molecule has 0 aliphatic rings. The molecule has 1 N–H and O–H groups in total. The predicted molar refractivity (Wildman–Crippen MR) is 59.0 cm³/mol. The Hall–Kier alpha value is -2.30. The molecule has 0 unspecified atom stereocenters. The van der Waals surface area contributed by atoms with E-state index in [0.717, 1.165) is 5.69 Å². The number of carboxylic acid groups (broad SMARTS) is 1. The van der Waals surface area contributed by atoms with Gasteiger partial charge >= 0.3 is 5.97 Å². The molecule has 2 aromatic rings. The van der Waals surface area contributed by atoms with E-state index in [9.17, 15) is 4.79 Å². The van der Waals surface area contributed by atoms with Crippen LogP contribution in [0.1, 0.15) is 21.8 Å². The van der Waals surface area contributed by atoms with Gasteiger partial charge in [0.05, 0.1) is 12.0 Å². The summed E-state index contributed by atoms with van der Waals surface area (Å²) in [5.41, 5.74) is 0.863. The summed E-state index contributed by atoms with van der Waals surface area (Å²) < 4.78 is 10.5. The van der Waals surface area contributed by atoms with E-state index in [1.165, 1.54) is 12.3 Å². The van der Waals surface area contributed by atoms with E-state index in [4.69, 9.17) is 14.3 Å². The number of ether oxygens (including phenoxy) is 1. The van der Waals surface area contributed by atoms with Crippen LogP contribution in [0.4, 0.5) is 0 Å². The molecular formula is C12H11NO4. The third-order valence-electron chi connectivity index (χ3n) is 2.29. The number of nitrogens with zero attached hydrogens (tertiary/aromatic N) is 1. The van der Waals surface area contributed by atoms with Gasteiger partial charge in [0, 0.05) is 6.20 Å². The summed E-state index contributed by atoms with van der Waals surface area (Å²) in [6.07, 6.45) is 3.00. The highest BCUT2D eigenvalue weighted by Crippen LogP contribution is 2.18. The first-order chi connectivity index (χ1) is 8.18. The summed E-state index contributed by atoms with van der Waals surface area (Å²) in [6.45, 7) is 1.89. The van der Waals surface area contributed by atoms with Crippen molar-refractivity contribution < 1.29 is 19.1 Å². The first-order valence-electron chi connectivity index (χ1n) is 5.02. The summed E-state index contributed by atoms with van der Waals surface area (Å²) in [5, 5.41) is 8.88. The van der Waals surface area contributed by atoms with E-state index in [1.54, 1.807) is 18.3 Å². The summed E-state index contributed by atoms with van der Waals surface area (Å²) in [7, 11) is 0. The number of hydrogen-bond donors (Lipinski definition) is 1. The fraction of sp³-hybridized carbons (Fsp3) is 0.167. The zero-order chi connectivity index (χ0) is 12.3. The molecule has 0 aliphatic heterocycles. The summed E-state index contributed by atoms with van der Waals surface area (Å²) in [6, 6.07) is 4.92. The van der Waals surface area contributed by atoms with Gasteiger partial charge in [-0.25, -0.2) is 4.79 Å². The average molecular weight is 233 g/mol. The van der Waals surface area contributed by atoms with Crippen molar-refractivity contribution in [1.82, 2.24) is 4.98 Å². The smallest absolute Gasteiger partial charge is 0.339 e. The largest absolute Gasteiger partial charge is 0.484 e. The lowest BCUT2D eigenvalue weighted by atomic mass is 10.2. The van der Waals surface area contributed by atoms with E-state index < -0.39 is 5.97 Å². The molecular weight excluding hydrogens is 222 g/mol. The minimum atomic E-state index is -1.03. The second-order valence-electron chi connectivity index (χ2n) is 3.44. The molecule has 2 aromatic heterocycles. The summed E-state index contributed by atoms with van der Waals surface area (Å²) >= 11 is 0. The van der Waals surface area contributed by atoms with Gasteiger partial charge in [-0.2, -0.15) is 0 Å². The molecule has 0 saturated carbocycles. The average Bonchev–Trinajstić information content (AvgIpc) is 2.76. The summed E-state index contributed by atoms with van der Waals surface area (Å²) in [4.78, 5) is 14.9. The molecule has 17 heavy (non-hydrogen) atoms. The lowest BCUT2D eigenvalue weighted by Gasteiger charge is -2.06. The van der Waals surface area contributed by atoms with Crippen molar-refractivity contribution in [3.05, 3.63) is 47.7 Å². The number of rotatable bonds is 4. The van der Waals surface area contributed by atoms with E-state index >= 15 is 0 Å². The standard InChI is InChI=1S/C12H11NO4/c1-8-10(3-2-5-13-8)17-7-11-9(12(14)15)4-6-16-11/h2-6H,7H2,1H3,(H,14,15). The fourth-order valence-corrected chi connectivity index (χ4v) is 1.41. The molecule has 0 radical (unpaired) electrons. The molecule has 0 aromatic carbocycles. The van der Waals surface area contributed by atoms with Gasteiger partial charge in [-0.05, 0) is 25.1 Å². The Morgan fingerprint density at radius 2 is 2.35 bits per heavy atom. The Morgan fingerprint density at radius 3 is 3.06 bits per heavy atom. The first-order valence-corrected chi connectivity index (χ1v) is 5.02. The highest BCUT2D eigenvalue weighted by Gasteiger charge is 2.14. The Labute approximate surface area is 97.7 Å². The van der Waals surface area contributed by atoms with Gasteiger partial charge in [0.1, 0.15) is 17.9 Å². The van der Waals surface area contributed by atoms with Gasteiger partial charge in [0.2, 0.25) is 0 Å². The van der Waals surface area contributed by atoms with E-state index in [1.807, 2.05) is 6.92 Å². The van der Waals surface area contributed by atoms with Gasteiger partial charge in [-0.3, -0.25) is 4.98 Å². The highest BCUT2D eigenvalue weighted by atomic mass is 16.5. The Kier molecular flexibility index (Phi) is 3.09. The van der Waals surface area contributed by atoms with Crippen LogP contribution < -0.4 is 4.74 Å². The monoisotopic (exact) mass is 233 g/mol. The number of aryl methyl sites for hydroxylation is 1. The topological polar surface area (TPSA) is 72.6 Å². The zero-order valence-electron chi connectivity index (χ0n) is 9.21. The fourth-order valence-electron chi connectivity index (χ4n) is 1.41. The molecule has 0 atom stereocenters. The van der Waals surface area contributed by atoms with Crippen molar-refractivity contribution in [2.45, 2.75) is 13.5 Å². The molecule has 0 fully saturated rings. The van der Waals surface area contributed by atoms with Crippen LogP contribution in [0.5, 0.6) is 5.75 Å². The van der Waals surface area contributed by atoms with Gasteiger partial charge in [-0.1, -0.05) is 0 Å². The second kappa shape index (κ2) is 4.69. The van der Waals surface area contributed by atoms with Gasteiger partial charge in [0.15, 0.2) is 5.76 Å². The number of aromatic carboxylic acids is 1. The third-order valence-corrected chi connectivity index (χ3v) is 2.29. The molecule has 5 nitrogen and oxygen atoms in total. The predicted octanol–water partition coefficient (Wildman–Crippen LogP) is 2.26. The molecule has 5 heteroatoms. The van der Waals surface area contributed by atoms with Crippen LogP contribution in [-0.2, 0) is 6.61 Å². The molecule has 0 saturated heterocycles. The minimum Gasteiger partial charge on any atom is -0.484 e. The molecule has 2 heterocycles. The molecule has 0 bridgehead atoms. The number of carboxylic acids is 1. The van der Waals surface area contributed by atoms with Crippen LogP contribution in [0.2, 0.25) is 0 Å². The molecule has 88 valence electrons. The minimum absolute atomic E-state index is 0.0706. The van der Waals surface area contributed by atoms with Crippen molar-refractivity contribution >= 4 is 5.97 Å². The van der Waals surface area contributed by atoms with Crippen LogP contribution in [-0.4, -0.2) is 16.1 Å². The van der Waals surface area contributed by atoms with Gasteiger partial charge in [-0.15, -0.1) is 0 Å².